The Kier molecular flexibility index (Phi) is 3.63. The molecule has 0 aromatic carbocycles. The van der Waals surface area contributed by atoms with Crippen LogP contribution in [0.3, 0.4) is 0 Å². The van der Waals surface area contributed by atoms with Crippen molar-refractivity contribution in [1.29, 1.82) is 0 Å². The molecule has 0 aliphatic rings. The molecule has 0 unspecified atom stereocenters. The third-order valence-corrected chi connectivity index (χ3v) is 4.66. The van der Waals surface area contributed by atoms with Crippen LogP contribution in [0.2, 0.25) is 0 Å². The molecule has 23 heavy (non-hydrogen) atoms. The van der Waals surface area contributed by atoms with Crippen LogP contribution < -0.4 is 0 Å². The minimum atomic E-state index is 0.686. The van der Waals surface area contributed by atoms with Crippen molar-refractivity contribution in [3.8, 4) is 10.7 Å². The quantitative estimate of drug-likeness (QED) is 0.566. The number of imidazole rings is 1. The molecule has 0 radical (unpaired) electrons. The van der Waals surface area contributed by atoms with Gasteiger partial charge < -0.3 is 4.57 Å². The predicted molar refractivity (Wildman–Crippen MR) is 89.4 cm³/mol. The molecule has 0 aliphatic heterocycles. The zero-order valence-corrected chi connectivity index (χ0v) is 13.6. The summed E-state index contributed by atoms with van der Waals surface area (Å²) in [5, 5.41) is 6.25. The molecule has 0 fully saturated rings. The van der Waals surface area contributed by atoms with Crippen molar-refractivity contribution >= 4 is 17.0 Å². The molecule has 0 bridgehead atoms. The van der Waals surface area contributed by atoms with Crippen LogP contribution in [0.25, 0.3) is 16.3 Å². The van der Waals surface area contributed by atoms with Gasteiger partial charge in [0.1, 0.15) is 18.5 Å². The van der Waals surface area contributed by atoms with Gasteiger partial charge in [0.05, 0.1) is 17.1 Å². The average Bonchev–Trinajstić information content (AvgIpc) is 3.30. The van der Waals surface area contributed by atoms with Crippen molar-refractivity contribution in [2.24, 2.45) is 0 Å². The van der Waals surface area contributed by atoms with Crippen molar-refractivity contribution < 1.29 is 0 Å². The third kappa shape index (κ3) is 2.53. The molecule has 0 atom stereocenters. The lowest BCUT2D eigenvalue weighted by atomic mass is 10.1. The smallest absolute Gasteiger partial charge is 0.162 e. The summed E-state index contributed by atoms with van der Waals surface area (Å²) in [6.07, 6.45) is 9.13. The van der Waals surface area contributed by atoms with Crippen LogP contribution in [0.4, 0.5) is 0 Å². The highest BCUT2D eigenvalue weighted by molar-refractivity contribution is 7.13. The van der Waals surface area contributed by atoms with Crippen molar-refractivity contribution in [1.82, 2.24) is 29.1 Å². The van der Waals surface area contributed by atoms with Crippen LogP contribution >= 0.6 is 11.3 Å². The average molecular weight is 324 g/mol. The maximum Gasteiger partial charge on any atom is 0.162 e. The van der Waals surface area contributed by atoms with Crippen LogP contribution in [0, 0.1) is 0 Å². The first-order valence-corrected chi connectivity index (χ1v) is 8.46. The van der Waals surface area contributed by atoms with Crippen molar-refractivity contribution in [3.05, 3.63) is 53.8 Å². The molecule has 4 rings (SSSR count). The molecular formula is C16H16N6S. The summed E-state index contributed by atoms with van der Waals surface area (Å²) < 4.78 is 3.88. The van der Waals surface area contributed by atoms with Crippen LogP contribution in [-0.4, -0.2) is 29.1 Å². The number of rotatable bonds is 5. The summed E-state index contributed by atoms with van der Waals surface area (Å²) in [4.78, 5) is 14.7. The van der Waals surface area contributed by atoms with E-state index in [-0.39, 0.29) is 0 Å². The first-order chi connectivity index (χ1) is 11.4. The Morgan fingerprint density at radius 2 is 2.17 bits per heavy atom. The molecule has 116 valence electrons. The molecule has 0 saturated heterocycles. The molecule has 0 N–H and O–H groups in total. The molecule has 0 spiro atoms. The Morgan fingerprint density at radius 3 is 3.00 bits per heavy atom. The Bertz CT molecular complexity index is 921. The first kappa shape index (κ1) is 14.1. The SMILES string of the molecule is CCCc1c(Cn2ccnc2-c2cccs2)ncn2ncnc12. The second kappa shape index (κ2) is 5.92. The van der Waals surface area contributed by atoms with Crippen molar-refractivity contribution in [3.63, 3.8) is 0 Å². The van der Waals surface area contributed by atoms with Gasteiger partial charge in [-0.2, -0.15) is 5.10 Å². The molecule has 6 nitrogen and oxygen atoms in total. The molecule has 4 aromatic rings. The molecule has 7 heteroatoms. The summed E-state index contributed by atoms with van der Waals surface area (Å²) in [5.74, 6) is 0.977. The number of nitrogens with zero attached hydrogens (tertiary/aromatic N) is 6. The van der Waals surface area contributed by atoms with E-state index in [9.17, 15) is 0 Å². The summed E-state index contributed by atoms with van der Waals surface area (Å²) >= 11 is 1.69. The molecule has 4 aromatic heterocycles. The maximum absolute atomic E-state index is 4.61. The van der Waals surface area contributed by atoms with Crippen LogP contribution in [0.1, 0.15) is 24.6 Å². The van der Waals surface area contributed by atoms with Gasteiger partial charge >= 0.3 is 0 Å². The summed E-state index contributed by atoms with van der Waals surface area (Å²) in [6.45, 7) is 2.85. The van der Waals surface area contributed by atoms with E-state index in [0.29, 0.717) is 6.54 Å². The Morgan fingerprint density at radius 1 is 1.22 bits per heavy atom. The summed E-state index contributed by atoms with van der Waals surface area (Å²) in [5.41, 5.74) is 3.09. The van der Waals surface area contributed by atoms with E-state index in [0.717, 1.165) is 34.9 Å². The van der Waals surface area contributed by atoms with Gasteiger partial charge in [0.15, 0.2) is 5.65 Å². The predicted octanol–water partition coefficient (Wildman–Crippen LogP) is 3.05. The molecular weight excluding hydrogens is 308 g/mol. The number of aryl methyl sites for hydroxylation is 1. The normalized spacial score (nSPS) is 11.3. The Labute approximate surface area is 137 Å². The van der Waals surface area contributed by atoms with E-state index in [1.54, 1.807) is 28.5 Å². The monoisotopic (exact) mass is 324 g/mol. The van der Waals surface area contributed by atoms with Gasteiger partial charge in [0.25, 0.3) is 0 Å². The number of fused-ring (bicyclic) bond motifs is 1. The molecule has 4 heterocycles. The second-order valence-corrected chi connectivity index (χ2v) is 6.25. The standard InChI is InChI=1S/C16H16N6S/c1-2-4-12-13(19-11-22-15(12)18-10-20-22)9-21-7-6-17-16(21)14-5-3-8-23-14/h3,5-8,10-11H,2,4,9H2,1H3. The van der Waals surface area contributed by atoms with Gasteiger partial charge in [0, 0.05) is 18.0 Å². The fraction of sp³-hybridized carbons (Fsp3) is 0.250. The summed E-state index contributed by atoms with van der Waals surface area (Å²) in [6, 6.07) is 4.13. The van der Waals surface area contributed by atoms with Crippen LogP contribution in [0.5, 0.6) is 0 Å². The zero-order chi connectivity index (χ0) is 15.6. The van der Waals surface area contributed by atoms with Crippen LogP contribution in [-0.2, 0) is 13.0 Å². The lowest BCUT2D eigenvalue weighted by Crippen LogP contribution is -2.09. The molecule has 0 aliphatic carbocycles. The molecule has 0 amide bonds. The Hall–Kier alpha value is -2.54. The zero-order valence-electron chi connectivity index (χ0n) is 12.8. The molecule has 0 saturated carbocycles. The fourth-order valence-electron chi connectivity index (χ4n) is 2.75. The van der Waals surface area contributed by atoms with Gasteiger partial charge in [-0.05, 0) is 17.9 Å². The Balaban J connectivity index is 1.76. The highest BCUT2D eigenvalue weighted by Crippen LogP contribution is 2.24. The van der Waals surface area contributed by atoms with Crippen molar-refractivity contribution in [2.75, 3.05) is 0 Å². The lowest BCUT2D eigenvalue weighted by molar-refractivity contribution is 0.745. The van der Waals surface area contributed by atoms with Gasteiger partial charge in [-0.1, -0.05) is 19.4 Å². The van der Waals surface area contributed by atoms with E-state index in [1.807, 2.05) is 18.5 Å². The van der Waals surface area contributed by atoms with Gasteiger partial charge in [-0.25, -0.2) is 19.5 Å². The maximum atomic E-state index is 4.61. The van der Waals surface area contributed by atoms with E-state index >= 15 is 0 Å². The van der Waals surface area contributed by atoms with E-state index in [4.69, 9.17) is 0 Å². The minimum absolute atomic E-state index is 0.686. The number of thiophene rings is 1. The van der Waals surface area contributed by atoms with Gasteiger partial charge in [-0.15, -0.1) is 11.3 Å². The minimum Gasteiger partial charge on any atom is -0.324 e. The lowest BCUT2D eigenvalue weighted by Gasteiger charge is -2.11. The van der Waals surface area contributed by atoms with Gasteiger partial charge in [0.2, 0.25) is 0 Å². The van der Waals surface area contributed by atoms with Gasteiger partial charge in [-0.3, -0.25) is 0 Å². The first-order valence-electron chi connectivity index (χ1n) is 7.58. The van der Waals surface area contributed by atoms with E-state index in [2.05, 4.69) is 43.0 Å². The third-order valence-electron chi connectivity index (χ3n) is 3.79. The largest absolute Gasteiger partial charge is 0.324 e. The highest BCUT2D eigenvalue weighted by Gasteiger charge is 2.14. The van der Waals surface area contributed by atoms with E-state index < -0.39 is 0 Å². The van der Waals surface area contributed by atoms with Crippen LogP contribution in [0.15, 0.2) is 42.6 Å². The number of hydrogen-bond donors (Lipinski definition) is 0. The number of aromatic nitrogens is 6. The number of hydrogen-bond acceptors (Lipinski definition) is 5. The van der Waals surface area contributed by atoms with Crippen molar-refractivity contribution in [2.45, 2.75) is 26.3 Å². The highest BCUT2D eigenvalue weighted by atomic mass is 32.1. The van der Waals surface area contributed by atoms with E-state index in [1.165, 1.54) is 5.56 Å². The summed E-state index contributed by atoms with van der Waals surface area (Å²) in [7, 11) is 0. The second-order valence-electron chi connectivity index (χ2n) is 5.30. The topological polar surface area (TPSA) is 60.9 Å². The fourth-order valence-corrected chi connectivity index (χ4v) is 3.49.